The first-order valence-electron chi connectivity index (χ1n) is 10.4. The lowest BCUT2D eigenvalue weighted by Gasteiger charge is -2.12. The van der Waals surface area contributed by atoms with Crippen molar-refractivity contribution in [2.75, 3.05) is 6.61 Å². The normalized spacial score (nSPS) is 11.0. The molecule has 166 valence electrons. The minimum absolute atomic E-state index is 0.107. The maximum absolute atomic E-state index is 12.1. The average molecular weight is 451 g/mol. The van der Waals surface area contributed by atoms with Crippen LogP contribution in [0.5, 0.6) is 11.5 Å². The van der Waals surface area contributed by atoms with Crippen LogP contribution < -0.4 is 14.9 Å². The summed E-state index contributed by atoms with van der Waals surface area (Å²) in [4.78, 5) is 12.1. The lowest BCUT2D eigenvalue weighted by Crippen LogP contribution is -2.24. The summed E-state index contributed by atoms with van der Waals surface area (Å²) in [5.41, 5.74) is 6.48. The molecule has 0 atom stereocenters. The number of ether oxygens (including phenoxy) is 2. The summed E-state index contributed by atoms with van der Waals surface area (Å²) in [7, 11) is 0. The molecule has 0 spiro atoms. The maximum Gasteiger partial charge on any atom is 0.277 e. The summed E-state index contributed by atoms with van der Waals surface area (Å²) >= 11 is 5.90. The van der Waals surface area contributed by atoms with Crippen molar-refractivity contribution in [3.8, 4) is 11.5 Å². The number of hydrogen-bond acceptors (Lipinski definition) is 4. The molecule has 1 N–H and O–H groups in total. The maximum atomic E-state index is 12.1. The van der Waals surface area contributed by atoms with Crippen molar-refractivity contribution in [2.45, 2.75) is 33.3 Å². The fraction of sp³-hybridized carbons (Fsp3) is 0.231. The molecule has 0 radical (unpaired) electrons. The molecule has 1 amide bonds. The van der Waals surface area contributed by atoms with E-state index in [4.69, 9.17) is 21.1 Å². The van der Waals surface area contributed by atoms with Crippen molar-refractivity contribution in [3.63, 3.8) is 0 Å². The Labute approximate surface area is 194 Å². The quantitative estimate of drug-likeness (QED) is 0.327. The van der Waals surface area contributed by atoms with Gasteiger partial charge in [0, 0.05) is 5.02 Å². The number of carbonyl (C=O) groups excluding carboxylic acids is 1. The number of benzene rings is 3. The van der Waals surface area contributed by atoms with Gasteiger partial charge in [0.1, 0.15) is 18.1 Å². The predicted molar refractivity (Wildman–Crippen MR) is 129 cm³/mol. The number of halogens is 1. The van der Waals surface area contributed by atoms with E-state index in [-0.39, 0.29) is 12.5 Å². The van der Waals surface area contributed by atoms with Crippen molar-refractivity contribution in [2.24, 2.45) is 5.10 Å². The predicted octanol–water partition coefficient (Wildman–Crippen LogP) is 5.88. The zero-order valence-electron chi connectivity index (χ0n) is 18.5. The molecule has 3 aromatic carbocycles. The highest BCUT2D eigenvalue weighted by Crippen LogP contribution is 2.24. The molecule has 0 saturated carbocycles. The van der Waals surface area contributed by atoms with E-state index in [2.05, 4.69) is 30.4 Å². The molecule has 0 fully saturated rings. The average Bonchev–Trinajstić information content (AvgIpc) is 2.78. The molecular formula is C26H27ClN2O3. The molecule has 5 nitrogen and oxygen atoms in total. The van der Waals surface area contributed by atoms with E-state index < -0.39 is 0 Å². The van der Waals surface area contributed by atoms with Crippen LogP contribution in [0.15, 0.2) is 71.8 Å². The number of aryl methyl sites for hydroxylation is 1. The zero-order valence-corrected chi connectivity index (χ0v) is 19.2. The third kappa shape index (κ3) is 7.13. The summed E-state index contributed by atoms with van der Waals surface area (Å²) in [6.07, 6.45) is 1.57. The Bertz CT molecular complexity index is 1080. The molecule has 0 aliphatic rings. The summed E-state index contributed by atoms with van der Waals surface area (Å²) in [6, 6.07) is 21.0. The van der Waals surface area contributed by atoms with Gasteiger partial charge in [-0.1, -0.05) is 61.8 Å². The second-order valence-corrected chi connectivity index (χ2v) is 8.19. The number of carbonyl (C=O) groups is 1. The Hall–Kier alpha value is -3.31. The van der Waals surface area contributed by atoms with Gasteiger partial charge < -0.3 is 9.47 Å². The van der Waals surface area contributed by atoms with Gasteiger partial charge >= 0.3 is 0 Å². The molecule has 0 aromatic heterocycles. The van der Waals surface area contributed by atoms with Crippen molar-refractivity contribution in [1.82, 2.24) is 5.43 Å². The molecule has 32 heavy (non-hydrogen) atoms. The molecule has 3 rings (SSSR count). The van der Waals surface area contributed by atoms with Crippen LogP contribution >= 0.6 is 11.6 Å². The SMILES string of the molecule is Cc1ccc(C(C)C)cc1OCC(=O)N/N=C/c1cccc(OCc2ccc(Cl)cc2)c1. The highest BCUT2D eigenvalue weighted by molar-refractivity contribution is 6.30. The van der Waals surface area contributed by atoms with Gasteiger partial charge in [-0.25, -0.2) is 5.43 Å². The van der Waals surface area contributed by atoms with Crippen LogP contribution in [-0.4, -0.2) is 18.7 Å². The van der Waals surface area contributed by atoms with Crippen molar-refractivity contribution in [1.29, 1.82) is 0 Å². The monoisotopic (exact) mass is 450 g/mol. The Morgan fingerprint density at radius 3 is 2.59 bits per heavy atom. The fourth-order valence-electron chi connectivity index (χ4n) is 2.92. The van der Waals surface area contributed by atoms with Gasteiger partial charge in [0.2, 0.25) is 0 Å². The molecule has 0 aliphatic carbocycles. The van der Waals surface area contributed by atoms with E-state index in [9.17, 15) is 4.79 Å². The van der Waals surface area contributed by atoms with Crippen LogP contribution in [-0.2, 0) is 11.4 Å². The van der Waals surface area contributed by atoms with E-state index in [0.29, 0.717) is 29.0 Å². The Balaban J connectivity index is 1.49. The smallest absolute Gasteiger partial charge is 0.277 e. The Morgan fingerprint density at radius 1 is 1.06 bits per heavy atom. The van der Waals surface area contributed by atoms with Crippen LogP contribution in [0, 0.1) is 6.92 Å². The summed E-state index contributed by atoms with van der Waals surface area (Å²) in [6.45, 7) is 6.52. The fourth-order valence-corrected chi connectivity index (χ4v) is 3.04. The van der Waals surface area contributed by atoms with Crippen molar-refractivity contribution >= 4 is 23.7 Å². The third-order valence-electron chi connectivity index (χ3n) is 4.82. The Kier molecular flexibility index (Phi) is 8.28. The van der Waals surface area contributed by atoms with E-state index in [1.54, 1.807) is 6.21 Å². The van der Waals surface area contributed by atoms with Gasteiger partial charge in [0.05, 0.1) is 6.21 Å². The van der Waals surface area contributed by atoms with Gasteiger partial charge in [0.15, 0.2) is 6.61 Å². The minimum Gasteiger partial charge on any atom is -0.489 e. The van der Waals surface area contributed by atoms with Crippen LogP contribution in [0.25, 0.3) is 0 Å². The molecule has 6 heteroatoms. The Morgan fingerprint density at radius 2 is 1.84 bits per heavy atom. The molecule has 0 aliphatic heterocycles. The first kappa shape index (κ1) is 23.4. The molecule has 0 unspecified atom stereocenters. The summed E-state index contributed by atoms with van der Waals surface area (Å²) in [5.74, 6) is 1.48. The molecule has 3 aromatic rings. The first-order valence-corrected chi connectivity index (χ1v) is 10.8. The van der Waals surface area contributed by atoms with Crippen LogP contribution in [0.3, 0.4) is 0 Å². The zero-order chi connectivity index (χ0) is 22.9. The van der Waals surface area contributed by atoms with Gasteiger partial charge in [-0.05, 0) is 65.4 Å². The van der Waals surface area contributed by atoms with E-state index in [1.165, 1.54) is 5.56 Å². The van der Waals surface area contributed by atoms with E-state index in [0.717, 1.165) is 16.7 Å². The lowest BCUT2D eigenvalue weighted by molar-refractivity contribution is -0.123. The van der Waals surface area contributed by atoms with Crippen LogP contribution in [0.2, 0.25) is 5.02 Å². The van der Waals surface area contributed by atoms with E-state index >= 15 is 0 Å². The highest BCUT2D eigenvalue weighted by atomic mass is 35.5. The number of nitrogens with one attached hydrogen (secondary N) is 1. The molecule has 0 heterocycles. The van der Waals surface area contributed by atoms with Gasteiger partial charge in [-0.2, -0.15) is 5.10 Å². The van der Waals surface area contributed by atoms with Crippen LogP contribution in [0.4, 0.5) is 0 Å². The highest BCUT2D eigenvalue weighted by Gasteiger charge is 2.07. The minimum atomic E-state index is -0.328. The number of hydrazone groups is 1. The molecular weight excluding hydrogens is 424 g/mol. The van der Waals surface area contributed by atoms with Gasteiger partial charge in [-0.3, -0.25) is 4.79 Å². The van der Waals surface area contributed by atoms with Crippen molar-refractivity contribution in [3.05, 3.63) is 94.0 Å². The number of amides is 1. The number of nitrogens with zero attached hydrogens (tertiary/aromatic N) is 1. The van der Waals surface area contributed by atoms with Gasteiger partial charge in [0.25, 0.3) is 5.91 Å². The molecule has 0 bridgehead atoms. The third-order valence-corrected chi connectivity index (χ3v) is 5.07. The van der Waals surface area contributed by atoms with Crippen molar-refractivity contribution < 1.29 is 14.3 Å². The second kappa shape index (κ2) is 11.3. The standard InChI is InChI=1S/C26H27ClN2O3/c1-18(2)22-10-7-19(3)25(14-22)32-17-26(30)29-28-15-21-5-4-6-24(13-21)31-16-20-8-11-23(27)12-9-20/h4-15,18H,16-17H2,1-3H3,(H,29,30)/b28-15+. The lowest BCUT2D eigenvalue weighted by atomic mass is 10.0. The molecule has 0 saturated heterocycles. The summed E-state index contributed by atoms with van der Waals surface area (Å²) in [5, 5.41) is 4.71. The second-order valence-electron chi connectivity index (χ2n) is 7.75. The van der Waals surface area contributed by atoms with E-state index in [1.807, 2.05) is 67.6 Å². The topological polar surface area (TPSA) is 59.9 Å². The largest absolute Gasteiger partial charge is 0.489 e. The number of rotatable bonds is 9. The summed E-state index contributed by atoms with van der Waals surface area (Å²) < 4.78 is 11.5. The van der Waals surface area contributed by atoms with Crippen LogP contribution in [0.1, 0.15) is 42.0 Å². The first-order chi connectivity index (χ1) is 15.4. The number of hydrogen-bond donors (Lipinski definition) is 1. The van der Waals surface area contributed by atoms with Gasteiger partial charge in [-0.15, -0.1) is 0 Å².